The molecule has 0 spiro atoms. The Balaban J connectivity index is 1.78. The van der Waals surface area contributed by atoms with E-state index in [4.69, 9.17) is 0 Å². The van der Waals surface area contributed by atoms with E-state index in [1.165, 1.54) is 6.42 Å². The van der Waals surface area contributed by atoms with Crippen molar-refractivity contribution in [3.63, 3.8) is 0 Å². The summed E-state index contributed by atoms with van der Waals surface area (Å²) in [6.45, 7) is 1.95. The smallest absolute Gasteiger partial charge is 0.245 e. The van der Waals surface area contributed by atoms with E-state index in [9.17, 15) is 0 Å². The molecule has 1 aliphatic rings. The average molecular weight is 247 g/mol. The number of hydrogen-bond acceptors (Lipinski definition) is 5. The second kappa shape index (κ2) is 4.40. The molecule has 1 aliphatic heterocycles. The number of nitrogens with zero attached hydrogens (tertiary/aromatic N) is 7. The first kappa shape index (κ1) is 11.2. The molecule has 7 heteroatoms. The first-order valence-electron chi connectivity index (χ1n) is 6.21. The fourth-order valence-electron chi connectivity index (χ4n) is 2.54. The van der Waals surface area contributed by atoms with Gasteiger partial charge in [-0.3, -0.25) is 4.68 Å². The Hall–Kier alpha value is -1.92. The molecular formula is C11H17N7. The lowest BCUT2D eigenvalue weighted by atomic mass is 9.95. The van der Waals surface area contributed by atoms with Gasteiger partial charge in [0.2, 0.25) is 5.95 Å². The fourth-order valence-corrected chi connectivity index (χ4v) is 2.54. The molecule has 0 saturated carbocycles. The van der Waals surface area contributed by atoms with Crippen LogP contribution in [0, 0.1) is 0 Å². The number of aromatic nitrogens is 6. The Bertz CT molecular complexity index is 529. The van der Waals surface area contributed by atoms with E-state index in [0.29, 0.717) is 5.92 Å². The summed E-state index contributed by atoms with van der Waals surface area (Å²) < 4.78 is 3.58. The van der Waals surface area contributed by atoms with Crippen molar-refractivity contribution in [2.45, 2.75) is 18.8 Å². The van der Waals surface area contributed by atoms with Crippen molar-refractivity contribution in [2.24, 2.45) is 14.1 Å². The van der Waals surface area contributed by atoms with Crippen molar-refractivity contribution >= 4 is 5.95 Å². The van der Waals surface area contributed by atoms with E-state index in [2.05, 4.69) is 31.6 Å². The molecule has 0 bridgehead atoms. The Kier molecular flexibility index (Phi) is 2.73. The second-order valence-corrected chi connectivity index (χ2v) is 4.80. The minimum absolute atomic E-state index is 0.469. The van der Waals surface area contributed by atoms with E-state index in [1.807, 2.05) is 25.0 Å². The van der Waals surface area contributed by atoms with Gasteiger partial charge in [0.15, 0.2) is 0 Å². The first-order chi connectivity index (χ1) is 8.74. The number of aryl methyl sites for hydroxylation is 2. The van der Waals surface area contributed by atoms with Crippen LogP contribution in [-0.4, -0.2) is 43.1 Å². The van der Waals surface area contributed by atoms with Gasteiger partial charge in [0.05, 0.1) is 5.69 Å². The van der Waals surface area contributed by atoms with Crippen LogP contribution in [0.2, 0.25) is 0 Å². The highest BCUT2D eigenvalue weighted by Crippen LogP contribution is 2.27. The van der Waals surface area contributed by atoms with Gasteiger partial charge >= 0.3 is 0 Å². The van der Waals surface area contributed by atoms with Crippen LogP contribution in [0.3, 0.4) is 0 Å². The molecule has 18 heavy (non-hydrogen) atoms. The predicted molar refractivity (Wildman–Crippen MR) is 66.2 cm³/mol. The summed E-state index contributed by atoms with van der Waals surface area (Å²) in [5, 5.41) is 16.2. The van der Waals surface area contributed by atoms with E-state index in [1.54, 1.807) is 4.68 Å². The number of tetrazole rings is 1. The minimum Gasteiger partial charge on any atom is -0.339 e. The molecule has 1 fully saturated rings. The predicted octanol–water partition coefficient (Wildman–Crippen LogP) is 0.328. The van der Waals surface area contributed by atoms with Gasteiger partial charge in [-0.15, -0.1) is 0 Å². The SMILES string of the molecule is Cn1ccc(C2CCCN(c3nnnn3C)C2)n1. The van der Waals surface area contributed by atoms with Crippen LogP contribution in [0.4, 0.5) is 5.95 Å². The van der Waals surface area contributed by atoms with Crippen LogP contribution in [0.1, 0.15) is 24.5 Å². The van der Waals surface area contributed by atoms with Crippen LogP contribution in [0.15, 0.2) is 12.3 Å². The summed E-state index contributed by atoms with van der Waals surface area (Å²) in [5.41, 5.74) is 1.16. The second-order valence-electron chi connectivity index (χ2n) is 4.80. The summed E-state index contributed by atoms with van der Waals surface area (Å²) in [5.74, 6) is 1.31. The molecule has 0 aliphatic carbocycles. The zero-order valence-electron chi connectivity index (χ0n) is 10.7. The van der Waals surface area contributed by atoms with Gasteiger partial charge in [-0.25, -0.2) is 4.68 Å². The lowest BCUT2D eigenvalue weighted by Gasteiger charge is -2.31. The molecule has 1 atom stereocenters. The highest BCUT2D eigenvalue weighted by Gasteiger charge is 2.25. The molecule has 0 N–H and O–H groups in total. The monoisotopic (exact) mass is 247 g/mol. The number of hydrogen-bond donors (Lipinski definition) is 0. The maximum atomic E-state index is 4.50. The molecule has 96 valence electrons. The standard InChI is InChI=1S/C11H17N7/c1-16-7-5-10(13-16)9-4-3-6-18(8-9)11-12-14-15-17(11)2/h5,7,9H,3-4,6,8H2,1-2H3. The number of piperidine rings is 1. The molecule has 0 amide bonds. The van der Waals surface area contributed by atoms with Gasteiger partial charge in [0, 0.05) is 39.3 Å². The van der Waals surface area contributed by atoms with Crippen molar-refractivity contribution in [3.05, 3.63) is 18.0 Å². The quantitative estimate of drug-likeness (QED) is 0.765. The third-order valence-electron chi connectivity index (χ3n) is 3.45. The molecule has 0 aromatic carbocycles. The Morgan fingerprint density at radius 1 is 1.33 bits per heavy atom. The molecule has 1 saturated heterocycles. The van der Waals surface area contributed by atoms with Crippen LogP contribution >= 0.6 is 0 Å². The van der Waals surface area contributed by atoms with Crippen LogP contribution < -0.4 is 4.90 Å². The van der Waals surface area contributed by atoms with Gasteiger partial charge in [0.1, 0.15) is 0 Å². The minimum atomic E-state index is 0.469. The van der Waals surface area contributed by atoms with Gasteiger partial charge in [-0.2, -0.15) is 5.10 Å². The summed E-state index contributed by atoms with van der Waals surface area (Å²) in [6, 6.07) is 2.10. The van der Waals surface area contributed by atoms with Crippen LogP contribution in [0.5, 0.6) is 0 Å². The first-order valence-corrected chi connectivity index (χ1v) is 6.21. The highest BCUT2D eigenvalue weighted by molar-refractivity contribution is 5.30. The molecule has 1 unspecified atom stereocenters. The zero-order valence-corrected chi connectivity index (χ0v) is 10.7. The summed E-state index contributed by atoms with van der Waals surface area (Å²) in [7, 11) is 3.83. The molecule has 3 heterocycles. The average Bonchev–Trinajstić information content (AvgIpc) is 2.98. The van der Waals surface area contributed by atoms with Crippen molar-refractivity contribution < 1.29 is 0 Å². The third-order valence-corrected chi connectivity index (χ3v) is 3.45. The topological polar surface area (TPSA) is 64.7 Å². The van der Waals surface area contributed by atoms with E-state index >= 15 is 0 Å². The van der Waals surface area contributed by atoms with Gasteiger partial charge in [0.25, 0.3) is 0 Å². The summed E-state index contributed by atoms with van der Waals surface area (Å²) in [6.07, 6.45) is 4.32. The third kappa shape index (κ3) is 1.96. The maximum Gasteiger partial charge on any atom is 0.245 e. The van der Waals surface area contributed by atoms with Crippen molar-refractivity contribution in [1.29, 1.82) is 0 Å². The lowest BCUT2D eigenvalue weighted by molar-refractivity contribution is 0.485. The number of rotatable bonds is 2. The summed E-state index contributed by atoms with van der Waals surface area (Å²) in [4.78, 5) is 2.24. The van der Waals surface area contributed by atoms with E-state index in [-0.39, 0.29) is 0 Å². The van der Waals surface area contributed by atoms with Crippen molar-refractivity contribution in [1.82, 2.24) is 30.0 Å². The number of anilines is 1. The molecular weight excluding hydrogens is 230 g/mol. The largest absolute Gasteiger partial charge is 0.339 e. The zero-order chi connectivity index (χ0) is 12.5. The highest BCUT2D eigenvalue weighted by atomic mass is 15.6. The fraction of sp³-hybridized carbons (Fsp3) is 0.636. The van der Waals surface area contributed by atoms with Crippen molar-refractivity contribution in [3.8, 4) is 0 Å². The molecule has 7 nitrogen and oxygen atoms in total. The maximum absolute atomic E-state index is 4.50. The van der Waals surface area contributed by atoms with Crippen molar-refractivity contribution in [2.75, 3.05) is 18.0 Å². The van der Waals surface area contributed by atoms with Crippen LogP contribution in [0.25, 0.3) is 0 Å². The molecule has 2 aromatic rings. The van der Waals surface area contributed by atoms with Crippen LogP contribution in [-0.2, 0) is 14.1 Å². The van der Waals surface area contributed by atoms with Gasteiger partial charge < -0.3 is 4.90 Å². The molecule has 3 rings (SSSR count). The van der Waals surface area contributed by atoms with E-state index < -0.39 is 0 Å². The van der Waals surface area contributed by atoms with E-state index in [0.717, 1.165) is 31.2 Å². The summed E-state index contributed by atoms with van der Waals surface area (Å²) >= 11 is 0. The lowest BCUT2D eigenvalue weighted by Crippen LogP contribution is -2.36. The van der Waals surface area contributed by atoms with Gasteiger partial charge in [-0.1, -0.05) is 5.10 Å². The molecule has 2 aromatic heterocycles. The normalized spacial score (nSPS) is 20.3. The van der Waals surface area contributed by atoms with Gasteiger partial charge in [-0.05, 0) is 29.3 Å². The Morgan fingerprint density at radius 3 is 2.89 bits per heavy atom. The molecule has 0 radical (unpaired) electrons. The Morgan fingerprint density at radius 2 is 2.22 bits per heavy atom. The Labute approximate surface area is 105 Å².